The van der Waals surface area contributed by atoms with Gasteiger partial charge in [0.25, 0.3) is 0 Å². The molecule has 7 heteroatoms. The van der Waals surface area contributed by atoms with E-state index < -0.39 is 12.0 Å². The summed E-state index contributed by atoms with van der Waals surface area (Å²) in [5.41, 5.74) is 5.86. The number of hydrogen-bond donors (Lipinski definition) is 6. The van der Waals surface area contributed by atoms with Gasteiger partial charge in [0.15, 0.2) is 11.5 Å². The van der Waals surface area contributed by atoms with Crippen molar-refractivity contribution in [3.63, 3.8) is 0 Å². The second kappa shape index (κ2) is 11.8. The number of aromatic hydroxyl groups is 4. The van der Waals surface area contributed by atoms with Gasteiger partial charge in [0, 0.05) is 0 Å². The van der Waals surface area contributed by atoms with E-state index in [1.54, 1.807) is 48.5 Å². The topological polar surface area (TPSA) is 144 Å². The lowest BCUT2D eigenvalue weighted by Crippen LogP contribution is -2.32. The average Bonchev–Trinajstić information content (AvgIpc) is 2.67. The molecule has 0 bridgehead atoms. The molecule has 0 fully saturated rings. The Bertz CT molecular complexity index is 803. The Morgan fingerprint density at radius 1 is 0.750 bits per heavy atom. The summed E-state index contributed by atoms with van der Waals surface area (Å²) in [4.78, 5) is 10.4. The Hall–Kier alpha value is -3.71. The SMILES string of the molecule is N[C@@H](Cc1ccc(O)c(O)c1)C(=O)O.Oc1ccccc1.Oc1ccccc1. The molecule has 3 aromatic rings. The van der Waals surface area contributed by atoms with Gasteiger partial charge in [-0.15, -0.1) is 0 Å². The molecule has 7 N–H and O–H groups in total. The minimum Gasteiger partial charge on any atom is -0.508 e. The predicted octanol–water partition coefficient (Wildman–Crippen LogP) is 2.84. The van der Waals surface area contributed by atoms with Crippen LogP contribution >= 0.6 is 0 Å². The van der Waals surface area contributed by atoms with Crippen molar-refractivity contribution in [1.82, 2.24) is 0 Å². The molecular weight excluding hydrogens is 362 g/mol. The van der Waals surface area contributed by atoms with Gasteiger partial charge >= 0.3 is 5.97 Å². The van der Waals surface area contributed by atoms with E-state index in [9.17, 15) is 4.79 Å². The molecule has 0 aliphatic heterocycles. The van der Waals surface area contributed by atoms with Crippen molar-refractivity contribution >= 4 is 5.97 Å². The molecule has 3 rings (SSSR count). The molecule has 0 unspecified atom stereocenters. The third kappa shape index (κ3) is 9.12. The van der Waals surface area contributed by atoms with Crippen LogP contribution in [-0.2, 0) is 11.2 Å². The van der Waals surface area contributed by atoms with Gasteiger partial charge in [0.2, 0.25) is 0 Å². The summed E-state index contributed by atoms with van der Waals surface area (Å²) in [5.74, 6) is -0.972. The van der Waals surface area contributed by atoms with Crippen LogP contribution in [-0.4, -0.2) is 37.5 Å². The molecule has 0 radical (unpaired) electrons. The van der Waals surface area contributed by atoms with E-state index >= 15 is 0 Å². The molecule has 148 valence electrons. The maximum atomic E-state index is 10.4. The molecular formula is C21H23NO6. The number of phenols is 4. The normalized spacial score (nSPS) is 10.5. The zero-order chi connectivity index (χ0) is 20.9. The first kappa shape index (κ1) is 22.3. The second-order valence-corrected chi connectivity index (χ2v) is 5.64. The highest BCUT2D eigenvalue weighted by Gasteiger charge is 2.12. The van der Waals surface area contributed by atoms with Gasteiger partial charge in [-0.25, -0.2) is 0 Å². The summed E-state index contributed by atoms with van der Waals surface area (Å²) in [7, 11) is 0. The lowest BCUT2D eigenvalue weighted by atomic mass is 10.1. The maximum absolute atomic E-state index is 10.4. The van der Waals surface area contributed by atoms with E-state index in [-0.39, 0.29) is 17.9 Å². The fourth-order valence-corrected chi connectivity index (χ4v) is 1.89. The molecule has 0 spiro atoms. The zero-order valence-corrected chi connectivity index (χ0v) is 15.0. The van der Waals surface area contributed by atoms with Crippen molar-refractivity contribution in [2.75, 3.05) is 0 Å². The van der Waals surface area contributed by atoms with Crippen LogP contribution in [0.2, 0.25) is 0 Å². The van der Waals surface area contributed by atoms with Gasteiger partial charge in [-0.1, -0.05) is 42.5 Å². The smallest absolute Gasteiger partial charge is 0.320 e. The maximum Gasteiger partial charge on any atom is 0.320 e. The van der Waals surface area contributed by atoms with Crippen LogP contribution in [0.3, 0.4) is 0 Å². The molecule has 1 atom stereocenters. The average molecular weight is 385 g/mol. The largest absolute Gasteiger partial charge is 0.508 e. The fourth-order valence-electron chi connectivity index (χ4n) is 1.89. The molecule has 28 heavy (non-hydrogen) atoms. The van der Waals surface area contributed by atoms with Crippen LogP contribution in [0, 0.1) is 0 Å². The standard InChI is InChI=1S/C9H11NO4.2C6H6O/c10-6(9(13)14)3-5-1-2-7(11)8(12)4-5;2*7-6-4-2-1-3-5-6/h1-2,4,6,11-12H,3,10H2,(H,13,14);2*1-5,7H/t6-;;/m0../s1. The molecule has 7 nitrogen and oxygen atoms in total. The molecule has 0 heterocycles. The van der Waals surface area contributed by atoms with Crippen LogP contribution in [0.15, 0.2) is 78.9 Å². The second-order valence-electron chi connectivity index (χ2n) is 5.64. The van der Waals surface area contributed by atoms with Crippen molar-refractivity contribution in [3.05, 3.63) is 84.4 Å². The van der Waals surface area contributed by atoms with Crippen molar-refractivity contribution in [2.45, 2.75) is 12.5 Å². The lowest BCUT2D eigenvalue weighted by Gasteiger charge is -2.06. The Morgan fingerprint density at radius 2 is 1.21 bits per heavy atom. The highest BCUT2D eigenvalue weighted by Crippen LogP contribution is 2.25. The number of hydrogen-bond acceptors (Lipinski definition) is 6. The van der Waals surface area contributed by atoms with E-state index in [4.69, 9.17) is 31.3 Å². The third-order valence-corrected chi connectivity index (χ3v) is 3.33. The van der Waals surface area contributed by atoms with Gasteiger partial charge in [-0.3, -0.25) is 4.79 Å². The van der Waals surface area contributed by atoms with Crippen molar-refractivity contribution < 1.29 is 30.3 Å². The lowest BCUT2D eigenvalue weighted by molar-refractivity contribution is -0.138. The highest BCUT2D eigenvalue weighted by atomic mass is 16.4. The van der Waals surface area contributed by atoms with Crippen LogP contribution in [0.25, 0.3) is 0 Å². The van der Waals surface area contributed by atoms with E-state index in [1.165, 1.54) is 18.2 Å². The number of carbonyl (C=O) groups is 1. The molecule has 0 aliphatic carbocycles. The van der Waals surface area contributed by atoms with Crippen LogP contribution in [0.1, 0.15) is 5.56 Å². The van der Waals surface area contributed by atoms with E-state index in [2.05, 4.69) is 0 Å². The summed E-state index contributed by atoms with van der Waals surface area (Å²) in [6.45, 7) is 0. The molecule has 3 aromatic carbocycles. The van der Waals surface area contributed by atoms with Crippen molar-refractivity contribution in [1.29, 1.82) is 0 Å². The number of rotatable bonds is 3. The zero-order valence-electron chi connectivity index (χ0n) is 15.0. The molecule has 0 aromatic heterocycles. The summed E-state index contributed by atoms with van der Waals surface area (Å²) in [6.07, 6.45) is 0.114. The number of benzene rings is 3. The molecule has 0 amide bonds. The highest BCUT2D eigenvalue weighted by molar-refractivity contribution is 5.73. The molecule has 0 saturated heterocycles. The van der Waals surface area contributed by atoms with E-state index in [0.29, 0.717) is 17.1 Å². The van der Waals surface area contributed by atoms with Gasteiger partial charge < -0.3 is 31.3 Å². The van der Waals surface area contributed by atoms with Gasteiger partial charge in [0.1, 0.15) is 17.5 Å². The first-order chi connectivity index (χ1) is 13.3. The summed E-state index contributed by atoms with van der Waals surface area (Å²) in [5, 5.41) is 43.9. The van der Waals surface area contributed by atoms with Gasteiger partial charge in [-0.2, -0.15) is 0 Å². The Labute approximate surface area is 162 Å². The van der Waals surface area contributed by atoms with Gasteiger partial charge in [-0.05, 0) is 48.4 Å². The summed E-state index contributed by atoms with van der Waals surface area (Å²) in [6, 6.07) is 20.5. The van der Waals surface area contributed by atoms with Crippen LogP contribution in [0.4, 0.5) is 0 Å². The van der Waals surface area contributed by atoms with E-state index in [0.717, 1.165) is 0 Å². The number of aliphatic carboxylic acids is 1. The minimum absolute atomic E-state index is 0.114. The Balaban J connectivity index is 0.000000233. The summed E-state index contributed by atoms with van der Waals surface area (Å²) >= 11 is 0. The summed E-state index contributed by atoms with van der Waals surface area (Å²) < 4.78 is 0. The van der Waals surface area contributed by atoms with Crippen LogP contribution < -0.4 is 5.73 Å². The monoisotopic (exact) mass is 385 g/mol. The minimum atomic E-state index is -1.10. The van der Waals surface area contributed by atoms with Crippen LogP contribution in [0.5, 0.6) is 23.0 Å². The van der Waals surface area contributed by atoms with Gasteiger partial charge in [0.05, 0.1) is 0 Å². The number of phenolic OH excluding ortho intramolecular Hbond substituents is 4. The first-order valence-electron chi connectivity index (χ1n) is 8.27. The number of carboxylic acids is 1. The van der Waals surface area contributed by atoms with E-state index in [1.807, 2.05) is 12.1 Å². The number of carboxylic acid groups (broad SMARTS) is 1. The Morgan fingerprint density at radius 3 is 1.54 bits per heavy atom. The Kier molecular flexibility index (Phi) is 9.43. The predicted molar refractivity (Wildman–Crippen MR) is 105 cm³/mol. The quantitative estimate of drug-likeness (QED) is 0.380. The van der Waals surface area contributed by atoms with Crippen molar-refractivity contribution in [2.24, 2.45) is 5.73 Å². The fraction of sp³-hybridized carbons (Fsp3) is 0.0952. The molecule has 0 saturated carbocycles. The van der Waals surface area contributed by atoms with Crippen molar-refractivity contribution in [3.8, 4) is 23.0 Å². The number of para-hydroxylation sites is 2. The molecule has 0 aliphatic rings. The number of nitrogens with two attached hydrogens (primary N) is 1. The first-order valence-corrected chi connectivity index (χ1v) is 8.27. The third-order valence-electron chi connectivity index (χ3n) is 3.33.